The zero-order chi connectivity index (χ0) is 20.3. The van der Waals surface area contributed by atoms with E-state index >= 15 is 0 Å². The van der Waals surface area contributed by atoms with Gasteiger partial charge in [0.25, 0.3) is 0 Å². The molecule has 0 saturated carbocycles. The van der Waals surface area contributed by atoms with Crippen molar-refractivity contribution in [2.75, 3.05) is 38.0 Å². The zero-order valence-corrected chi connectivity index (χ0v) is 15.6. The van der Waals surface area contributed by atoms with Crippen molar-refractivity contribution in [3.8, 4) is 0 Å². The Hall–Kier alpha value is -2.43. The fourth-order valence-electron chi connectivity index (χ4n) is 2.92. The number of piperazine rings is 1. The van der Waals surface area contributed by atoms with Gasteiger partial charge in [-0.2, -0.15) is 4.31 Å². The van der Waals surface area contributed by atoms with E-state index in [2.05, 4.69) is 5.32 Å². The summed E-state index contributed by atoms with van der Waals surface area (Å²) >= 11 is 0. The predicted octanol–water partition coefficient (Wildman–Crippen LogP) is 2.05. The Morgan fingerprint density at radius 2 is 1.46 bits per heavy atom. The molecule has 1 aliphatic heterocycles. The second-order valence-electron chi connectivity index (χ2n) is 6.26. The van der Waals surface area contributed by atoms with Gasteiger partial charge in [-0.15, -0.1) is 0 Å². The summed E-state index contributed by atoms with van der Waals surface area (Å²) in [6.45, 7) is 0.430. The molecule has 1 amide bonds. The predicted molar refractivity (Wildman–Crippen MR) is 96.6 cm³/mol. The summed E-state index contributed by atoms with van der Waals surface area (Å²) in [5.74, 6) is -3.20. The van der Waals surface area contributed by atoms with Gasteiger partial charge in [-0.1, -0.05) is 18.2 Å². The van der Waals surface area contributed by atoms with Crippen LogP contribution in [-0.2, 0) is 14.8 Å². The summed E-state index contributed by atoms with van der Waals surface area (Å²) in [5, 5.41) is 2.19. The Balaban J connectivity index is 1.58. The Bertz CT molecular complexity index is 957. The molecular formula is C18H18F3N3O3S. The topological polar surface area (TPSA) is 69.7 Å². The lowest BCUT2D eigenvalue weighted by atomic mass is 10.3. The van der Waals surface area contributed by atoms with Gasteiger partial charge in [0.15, 0.2) is 0 Å². The fraction of sp³-hybridized carbons (Fsp3) is 0.278. The van der Waals surface area contributed by atoms with Crippen molar-refractivity contribution in [2.24, 2.45) is 0 Å². The van der Waals surface area contributed by atoms with Gasteiger partial charge in [0, 0.05) is 26.2 Å². The van der Waals surface area contributed by atoms with Crippen molar-refractivity contribution in [3.63, 3.8) is 0 Å². The van der Waals surface area contributed by atoms with Crippen molar-refractivity contribution in [2.45, 2.75) is 4.90 Å². The molecule has 10 heteroatoms. The molecular weight excluding hydrogens is 395 g/mol. The van der Waals surface area contributed by atoms with Gasteiger partial charge in [-0.05, 0) is 24.3 Å². The fourth-order valence-corrected chi connectivity index (χ4v) is 4.41. The summed E-state index contributed by atoms with van der Waals surface area (Å²) in [6, 6.07) is 8.39. The number of sulfonamides is 1. The normalized spacial score (nSPS) is 16.1. The molecule has 0 spiro atoms. The van der Waals surface area contributed by atoms with Crippen LogP contribution in [0.3, 0.4) is 0 Å². The molecule has 1 N–H and O–H groups in total. The number of nitrogens with one attached hydrogen (secondary N) is 1. The number of hydrogen-bond acceptors (Lipinski definition) is 4. The van der Waals surface area contributed by atoms with Crippen LogP contribution >= 0.6 is 0 Å². The molecule has 1 heterocycles. The van der Waals surface area contributed by atoms with E-state index in [0.29, 0.717) is 0 Å². The average molecular weight is 413 g/mol. The molecule has 1 saturated heterocycles. The number of amides is 1. The molecule has 0 aliphatic carbocycles. The second kappa shape index (κ2) is 8.29. The molecule has 150 valence electrons. The standard InChI is InChI=1S/C18H18F3N3O3S/c19-13-4-1-2-7-16(13)28(26,27)24-10-8-23(9-11-24)12-17(25)22-18-14(20)5-3-6-15(18)21/h1-7H,8-12H2,(H,22,25). The minimum absolute atomic E-state index is 0.0675. The molecule has 6 nitrogen and oxygen atoms in total. The molecule has 0 aromatic heterocycles. The van der Waals surface area contributed by atoms with Crippen LogP contribution in [-0.4, -0.2) is 56.3 Å². The molecule has 0 unspecified atom stereocenters. The highest BCUT2D eigenvalue weighted by Crippen LogP contribution is 2.21. The van der Waals surface area contributed by atoms with E-state index in [4.69, 9.17) is 0 Å². The molecule has 1 aliphatic rings. The third-order valence-corrected chi connectivity index (χ3v) is 6.31. The number of carbonyl (C=O) groups excluding carboxylic acids is 1. The minimum Gasteiger partial charge on any atom is -0.320 e. The quantitative estimate of drug-likeness (QED) is 0.815. The highest BCUT2D eigenvalue weighted by atomic mass is 32.2. The number of para-hydroxylation sites is 1. The largest absolute Gasteiger partial charge is 0.320 e. The first kappa shape index (κ1) is 20.3. The molecule has 1 fully saturated rings. The summed E-state index contributed by atoms with van der Waals surface area (Å²) in [4.78, 5) is 13.3. The minimum atomic E-state index is -3.97. The number of anilines is 1. The summed E-state index contributed by atoms with van der Waals surface area (Å²) in [6.07, 6.45) is 0. The van der Waals surface area contributed by atoms with Crippen LogP contribution in [0.2, 0.25) is 0 Å². The first-order chi connectivity index (χ1) is 13.3. The molecule has 0 radical (unpaired) electrons. The van der Waals surface area contributed by atoms with Gasteiger partial charge < -0.3 is 5.32 Å². The van der Waals surface area contributed by atoms with E-state index in [1.165, 1.54) is 24.3 Å². The smallest absolute Gasteiger partial charge is 0.246 e. The highest BCUT2D eigenvalue weighted by molar-refractivity contribution is 7.89. The number of nitrogens with zero attached hydrogens (tertiary/aromatic N) is 2. The van der Waals surface area contributed by atoms with E-state index in [1.807, 2.05) is 0 Å². The zero-order valence-electron chi connectivity index (χ0n) is 14.7. The van der Waals surface area contributed by atoms with Crippen molar-refractivity contribution < 1.29 is 26.4 Å². The lowest BCUT2D eigenvalue weighted by molar-refractivity contribution is -0.117. The molecule has 0 bridgehead atoms. The van der Waals surface area contributed by atoms with Crippen LogP contribution in [0.1, 0.15) is 0 Å². The number of carbonyl (C=O) groups is 1. The van der Waals surface area contributed by atoms with Crippen LogP contribution in [0.25, 0.3) is 0 Å². The van der Waals surface area contributed by atoms with Crippen LogP contribution in [0.15, 0.2) is 47.4 Å². The Morgan fingerprint density at radius 1 is 0.893 bits per heavy atom. The van der Waals surface area contributed by atoms with E-state index in [9.17, 15) is 26.4 Å². The highest BCUT2D eigenvalue weighted by Gasteiger charge is 2.31. The lowest BCUT2D eigenvalue weighted by Gasteiger charge is -2.33. The Labute approximate surface area is 160 Å². The molecule has 28 heavy (non-hydrogen) atoms. The number of benzene rings is 2. The van der Waals surface area contributed by atoms with Gasteiger partial charge in [-0.3, -0.25) is 9.69 Å². The van der Waals surface area contributed by atoms with Crippen molar-refractivity contribution in [1.29, 1.82) is 0 Å². The molecule has 3 rings (SSSR count). The Kier molecular flexibility index (Phi) is 6.01. The SMILES string of the molecule is O=C(CN1CCN(S(=O)(=O)c2ccccc2F)CC1)Nc1c(F)cccc1F. The van der Waals surface area contributed by atoms with Gasteiger partial charge in [0.2, 0.25) is 15.9 Å². The third kappa shape index (κ3) is 4.34. The first-order valence-corrected chi connectivity index (χ1v) is 9.94. The molecule has 2 aromatic carbocycles. The van der Waals surface area contributed by atoms with Crippen LogP contribution in [0.4, 0.5) is 18.9 Å². The number of halogens is 3. The average Bonchev–Trinajstić information content (AvgIpc) is 2.65. The summed E-state index contributed by atoms with van der Waals surface area (Å²) in [5.41, 5.74) is -0.520. The van der Waals surface area contributed by atoms with Crippen LogP contribution in [0.5, 0.6) is 0 Å². The maximum atomic E-state index is 13.8. The van der Waals surface area contributed by atoms with Crippen molar-refractivity contribution in [3.05, 3.63) is 59.9 Å². The van der Waals surface area contributed by atoms with Gasteiger partial charge >= 0.3 is 0 Å². The molecule has 0 atom stereocenters. The number of hydrogen-bond donors (Lipinski definition) is 1. The monoisotopic (exact) mass is 413 g/mol. The lowest BCUT2D eigenvalue weighted by Crippen LogP contribution is -2.50. The summed E-state index contributed by atoms with van der Waals surface area (Å²) < 4.78 is 67.3. The Morgan fingerprint density at radius 3 is 2.07 bits per heavy atom. The first-order valence-electron chi connectivity index (χ1n) is 8.50. The van der Waals surface area contributed by atoms with Crippen molar-refractivity contribution >= 4 is 21.6 Å². The van der Waals surface area contributed by atoms with Gasteiger partial charge in [0.05, 0.1) is 6.54 Å². The van der Waals surface area contributed by atoms with Crippen LogP contribution in [0, 0.1) is 17.5 Å². The van der Waals surface area contributed by atoms with E-state index < -0.39 is 44.0 Å². The maximum Gasteiger partial charge on any atom is 0.246 e. The second-order valence-corrected chi connectivity index (χ2v) is 8.16. The van der Waals surface area contributed by atoms with E-state index in [-0.39, 0.29) is 32.7 Å². The van der Waals surface area contributed by atoms with Crippen LogP contribution < -0.4 is 5.32 Å². The van der Waals surface area contributed by atoms with Crippen molar-refractivity contribution in [1.82, 2.24) is 9.21 Å². The van der Waals surface area contributed by atoms with E-state index in [0.717, 1.165) is 22.5 Å². The summed E-state index contributed by atoms with van der Waals surface area (Å²) in [7, 11) is -3.97. The van der Waals surface area contributed by atoms with E-state index in [1.54, 1.807) is 4.90 Å². The van der Waals surface area contributed by atoms with Gasteiger partial charge in [-0.25, -0.2) is 21.6 Å². The maximum absolute atomic E-state index is 13.8. The third-order valence-electron chi connectivity index (χ3n) is 4.38. The number of rotatable bonds is 5. The molecule has 2 aromatic rings. The van der Waals surface area contributed by atoms with Gasteiger partial charge in [0.1, 0.15) is 28.0 Å².